The largest absolute Gasteiger partial charge is 0.480 e. The molecular weight excluding hydrogens is 286 g/mol. The molecule has 0 bridgehead atoms. The predicted molar refractivity (Wildman–Crippen MR) is 71.6 cm³/mol. The van der Waals surface area contributed by atoms with E-state index in [0.29, 0.717) is 10.7 Å². The number of rotatable bonds is 6. The molecule has 1 aromatic carbocycles. The van der Waals surface area contributed by atoms with Crippen LogP contribution in [-0.4, -0.2) is 36.9 Å². The van der Waals surface area contributed by atoms with Gasteiger partial charge >= 0.3 is 12.0 Å². The number of anilines is 1. The lowest BCUT2D eigenvalue weighted by Crippen LogP contribution is -2.32. The van der Waals surface area contributed by atoms with Gasteiger partial charge in [0, 0.05) is 11.6 Å². The number of aliphatic carboxylic acids is 1. The van der Waals surface area contributed by atoms with E-state index in [1.54, 1.807) is 6.07 Å². The zero-order valence-electron chi connectivity index (χ0n) is 10.4. The number of amides is 2. The van der Waals surface area contributed by atoms with E-state index in [9.17, 15) is 9.59 Å². The molecule has 0 fully saturated rings. The van der Waals surface area contributed by atoms with E-state index in [2.05, 4.69) is 10.6 Å². The summed E-state index contributed by atoms with van der Waals surface area (Å²) in [4.78, 5) is 21.7. The van der Waals surface area contributed by atoms with Crippen molar-refractivity contribution >= 4 is 29.3 Å². The smallest absolute Gasteiger partial charge is 0.329 e. The Bertz CT molecular complexity index is 542. The number of carboxylic acids is 1. The molecule has 0 aliphatic rings. The molecule has 1 rings (SSSR count). The van der Waals surface area contributed by atoms with Crippen LogP contribution in [0.4, 0.5) is 10.5 Å². The van der Waals surface area contributed by atoms with Crippen molar-refractivity contribution in [2.75, 3.05) is 25.1 Å². The van der Waals surface area contributed by atoms with Gasteiger partial charge in [0.25, 0.3) is 0 Å². The van der Waals surface area contributed by atoms with Crippen LogP contribution in [0.3, 0.4) is 0 Å². The van der Waals surface area contributed by atoms with E-state index in [-0.39, 0.29) is 18.7 Å². The Morgan fingerprint density at radius 2 is 2.20 bits per heavy atom. The third-order valence-electron chi connectivity index (χ3n) is 2.11. The van der Waals surface area contributed by atoms with Crippen LogP contribution in [0.25, 0.3) is 0 Å². The fourth-order valence-corrected chi connectivity index (χ4v) is 1.45. The molecule has 0 atom stereocenters. The Labute approximate surface area is 120 Å². The average Bonchev–Trinajstić information content (AvgIpc) is 2.38. The molecule has 0 heterocycles. The van der Waals surface area contributed by atoms with Gasteiger partial charge in [-0.3, -0.25) is 0 Å². The Morgan fingerprint density at radius 3 is 2.85 bits per heavy atom. The molecule has 1 aromatic rings. The molecule has 106 valence electrons. The minimum atomic E-state index is -1.08. The second-order valence-electron chi connectivity index (χ2n) is 3.63. The maximum absolute atomic E-state index is 11.5. The highest BCUT2D eigenvalue weighted by Gasteiger charge is 2.07. The minimum absolute atomic E-state index is 0.0698. The fourth-order valence-electron chi connectivity index (χ4n) is 1.28. The number of carboxylic acid groups (broad SMARTS) is 1. The number of halogens is 1. The summed E-state index contributed by atoms with van der Waals surface area (Å²) in [6, 6.07) is 5.88. The molecule has 20 heavy (non-hydrogen) atoms. The first kappa shape index (κ1) is 15.8. The number of ether oxygens (including phenoxy) is 1. The predicted octanol–water partition coefficient (Wildman–Crippen LogP) is 1.43. The normalized spacial score (nSPS) is 9.60. The molecule has 0 aliphatic carbocycles. The molecule has 0 unspecified atom stereocenters. The van der Waals surface area contributed by atoms with Gasteiger partial charge in [-0.25, -0.2) is 9.59 Å². The Morgan fingerprint density at radius 1 is 1.45 bits per heavy atom. The van der Waals surface area contributed by atoms with Gasteiger partial charge in [0.05, 0.1) is 17.9 Å². The van der Waals surface area contributed by atoms with Crippen LogP contribution in [0, 0.1) is 11.3 Å². The number of carbonyl (C=O) groups excluding carboxylic acids is 1. The lowest BCUT2D eigenvalue weighted by Gasteiger charge is -2.09. The summed E-state index contributed by atoms with van der Waals surface area (Å²) in [5.74, 6) is -1.08. The maximum Gasteiger partial charge on any atom is 0.329 e. The molecule has 0 saturated heterocycles. The number of urea groups is 1. The van der Waals surface area contributed by atoms with E-state index < -0.39 is 18.6 Å². The van der Waals surface area contributed by atoms with Crippen molar-refractivity contribution < 1.29 is 19.4 Å². The minimum Gasteiger partial charge on any atom is -0.480 e. The van der Waals surface area contributed by atoms with Gasteiger partial charge in [0.15, 0.2) is 0 Å². The molecule has 3 N–H and O–H groups in total. The van der Waals surface area contributed by atoms with E-state index in [4.69, 9.17) is 26.7 Å². The number of nitriles is 1. The van der Waals surface area contributed by atoms with Crippen LogP contribution < -0.4 is 10.6 Å². The fraction of sp³-hybridized carbons (Fsp3) is 0.250. The quantitative estimate of drug-likeness (QED) is 0.688. The van der Waals surface area contributed by atoms with Gasteiger partial charge < -0.3 is 20.5 Å². The maximum atomic E-state index is 11.5. The number of hydrogen-bond acceptors (Lipinski definition) is 4. The van der Waals surface area contributed by atoms with Crippen molar-refractivity contribution in [1.82, 2.24) is 5.32 Å². The summed E-state index contributed by atoms with van der Waals surface area (Å²) >= 11 is 5.78. The van der Waals surface area contributed by atoms with Crippen LogP contribution >= 0.6 is 11.6 Å². The molecule has 0 aliphatic heterocycles. The van der Waals surface area contributed by atoms with Gasteiger partial charge in [-0.05, 0) is 18.2 Å². The van der Waals surface area contributed by atoms with Crippen molar-refractivity contribution in [1.29, 1.82) is 5.26 Å². The summed E-state index contributed by atoms with van der Waals surface area (Å²) in [5, 5.41) is 22.5. The number of nitrogens with one attached hydrogen (secondary N) is 2. The van der Waals surface area contributed by atoms with Crippen molar-refractivity contribution in [3.05, 3.63) is 28.8 Å². The summed E-state index contributed by atoms with van der Waals surface area (Å²) < 4.78 is 4.74. The second-order valence-corrected chi connectivity index (χ2v) is 4.07. The van der Waals surface area contributed by atoms with Gasteiger partial charge in [-0.2, -0.15) is 5.26 Å². The van der Waals surface area contributed by atoms with Crippen molar-refractivity contribution in [3.8, 4) is 6.07 Å². The summed E-state index contributed by atoms with van der Waals surface area (Å²) in [6.07, 6.45) is 0. The van der Waals surface area contributed by atoms with Gasteiger partial charge in [-0.1, -0.05) is 11.6 Å². The van der Waals surface area contributed by atoms with Crippen LogP contribution in [0.15, 0.2) is 18.2 Å². The Balaban J connectivity index is 2.41. The van der Waals surface area contributed by atoms with Crippen LogP contribution in [0.5, 0.6) is 0 Å². The average molecular weight is 298 g/mol. The van der Waals surface area contributed by atoms with Crippen LogP contribution in [0.1, 0.15) is 5.56 Å². The van der Waals surface area contributed by atoms with Crippen LogP contribution in [-0.2, 0) is 9.53 Å². The third-order valence-corrected chi connectivity index (χ3v) is 2.34. The highest BCUT2D eigenvalue weighted by Crippen LogP contribution is 2.20. The SMILES string of the molecule is N#Cc1ccc(Cl)cc1NC(=O)NCCOCC(=O)O. The zero-order valence-corrected chi connectivity index (χ0v) is 11.1. The number of benzene rings is 1. The molecule has 8 heteroatoms. The van der Waals surface area contributed by atoms with Gasteiger partial charge in [0.1, 0.15) is 12.7 Å². The highest BCUT2D eigenvalue weighted by molar-refractivity contribution is 6.31. The van der Waals surface area contributed by atoms with Crippen molar-refractivity contribution in [3.63, 3.8) is 0 Å². The first-order valence-corrected chi connectivity index (χ1v) is 5.94. The summed E-state index contributed by atoms with van der Waals surface area (Å²) in [7, 11) is 0. The van der Waals surface area contributed by atoms with E-state index in [0.717, 1.165) is 0 Å². The second kappa shape index (κ2) is 7.99. The molecule has 2 amide bonds. The van der Waals surface area contributed by atoms with Crippen LogP contribution in [0.2, 0.25) is 5.02 Å². The summed E-state index contributed by atoms with van der Waals surface area (Å²) in [5.41, 5.74) is 0.579. The molecule has 0 spiro atoms. The first-order chi connectivity index (χ1) is 9.52. The standard InChI is InChI=1S/C12H12ClN3O4/c13-9-2-1-8(6-14)10(5-9)16-12(19)15-3-4-20-7-11(17)18/h1-2,5H,3-4,7H2,(H,17,18)(H2,15,16,19). The summed E-state index contributed by atoms with van der Waals surface area (Å²) in [6.45, 7) is -0.210. The van der Waals surface area contributed by atoms with E-state index in [1.165, 1.54) is 12.1 Å². The van der Waals surface area contributed by atoms with Gasteiger partial charge in [-0.15, -0.1) is 0 Å². The molecule has 0 radical (unpaired) electrons. The van der Waals surface area contributed by atoms with E-state index in [1.807, 2.05) is 6.07 Å². The van der Waals surface area contributed by atoms with Crippen molar-refractivity contribution in [2.45, 2.75) is 0 Å². The molecule has 7 nitrogen and oxygen atoms in total. The Kier molecular flexibility index (Phi) is 6.29. The number of hydrogen-bond donors (Lipinski definition) is 3. The third kappa shape index (κ3) is 5.56. The lowest BCUT2D eigenvalue weighted by atomic mass is 10.2. The zero-order chi connectivity index (χ0) is 15.0. The van der Waals surface area contributed by atoms with Crippen molar-refractivity contribution in [2.24, 2.45) is 0 Å². The topological polar surface area (TPSA) is 111 Å². The Hall–Kier alpha value is -2.30. The van der Waals surface area contributed by atoms with E-state index >= 15 is 0 Å². The molecular formula is C12H12ClN3O4. The first-order valence-electron chi connectivity index (χ1n) is 5.57. The molecule has 0 aromatic heterocycles. The number of nitrogens with zero attached hydrogens (tertiary/aromatic N) is 1. The number of carbonyl (C=O) groups is 2. The van der Waals surface area contributed by atoms with Gasteiger partial charge in [0.2, 0.25) is 0 Å². The monoisotopic (exact) mass is 297 g/mol. The molecule has 0 saturated carbocycles. The lowest BCUT2D eigenvalue weighted by molar-refractivity contribution is -0.142. The highest BCUT2D eigenvalue weighted by atomic mass is 35.5.